The topological polar surface area (TPSA) is 17.1 Å². The molecule has 0 amide bonds. The molecule has 0 aliphatic heterocycles. The standard InChI is InChI=1S/C10H16O/c1-7-2-3-8-4-5-9(11)6-10(7)8/h7-8,10H,2-6H2,1H3/t7-,8+,10-/m1/s1. The Morgan fingerprint density at radius 1 is 1.27 bits per heavy atom. The van der Waals surface area contributed by atoms with Gasteiger partial charge in [0.25, 0.3) is 0 Å². The van der Waals surface area contributed by atoms with Crippen molar-refractivity contribution >= 4 is 5.78 Å². The van der Waals surface area contributed by atoms with E-state index >= 15 is 0 Å². The minimum Gasteiger partial charge on any atom is -0.300 e. The lowest BCUT2D eigenvalue weighted by Gasteiger charge is -2.26. The van der Waals surface area contributed by atoms with Gasteiger partial charge in [-0.1, -0.05) is 13.3 Å². The van der Waals surface area contributed by atoms with Crippen LogP contribution in [0.2, 0.25) is 0 Å². The number of rotatable bonds is 0. The van der Waals surface area contributed by atoms with Gasteiger partial charge in [-0.15, -0.1) is 0 Å². The quantitative estimate of drug-likeness (QED) is 0.521. The molecule has 1 nitrogen and oxygen atoms in total. The molecule has 0 unspecified atom stereocenters. The molecule has 0 saturated heterocycles. The molecule has 0 bridgehead atoms. The third kappa shape index (κ3) is 1.21. The van der Waals surface area contributed by atoms with E-state index in [0.717, 1.165) is 30.6 Å². The minimum atomic E-state index is 0.514. The first kappa shape index (κ1) is 7.33. The molecule has 2 fully saturated rings. The van der Waals surface area contributed by atoms with Gasteiger partial charge in [-0.2, -0.15) is 0 Å². The monoisotopic (exact) mass is 152 g/mol. The first-order valence-corrected chi connectivity index (χ1v) is 4.79. The van der Waals surface area contributed by atoms with Crippen molar-refractivity contribution in [1.82, 2.24) is 0 Å². The van der Waals surface area contributed by atoms with Crippen LogP contribution in [-0.2, 0) is 4.79 Å². The Balaban J connectivity index is 2.07. The maximum Gasteiger partial charge on any atom is 0.133 e. The average Bonchev–Trinajstić information content (AvgIpc) is 2.33. The Labute approximate surface area is 68.2 Å². The number of hydrogen-bond acceptors (Lipinski definition) is 1. The van der Waals surface area contributed by atoms with Gasteiger partial charge in [0.2, 0.25) is 0 Å². The third-order valence-corrected chi connectivity index (χ3v) is 3.59. The fourth-order valence-electron chi connectivity index (χ4n) is 2.81. The normalized spacial score (nSPS) is 44.1. The molecule has 0 radical (unpaired) electrons. The van der Waals surface area contributed by atoms with Crippen LogP contribution >= 0.6 is 0 Å². The van der Waals surface area contributed by atoms with Gasteiger partial charge in [-0.3, -0.25) is 4.79 Å². The van der Waals surface area contributed by atoms with Gasteiger partial charge in [0.15, 0.2) is 0 Å². The SMILES string of the molecule is C[C@@H]1CC[C@H]2CCC(=O)C[C@@H]21. The second-order valence-corrected chi connectivity index (χ2v) is 4.26. The zero-order valence-electron chi connectivity index (χ0n) is 7.18. The summed E-state index contributed by atoms with van der Waals surface area (Å²) in [6.07, 6.45) is 5.70. The average molecular weight is 152 g/mol. The highest BCUT2D eigenvalue weighted by molar-refractivity contribution is 5.79. The second-order valence-electron chi connectivity index (χ2n) is 4.26. The summed E-state index contributed by atoms with van der Waals surface area (Å²) in [5, 5.41) is 0. The molecule has 0 aromatic heterocycles. The van der Waals surface area contributed by atoms with Gasteiger partial charge >= 0.3 is 0 Å². The summed E-state index contributed by atoms with van der Waals surface area (Å²) >= 11 is 0. The smallest absolute Gasteiger partial charge is 0.133 e. The van der Waals surface area contributed by atoms with Gasteiger partial charge in [-0.05, 0) is 30.6 Å². The Morgan fingerprint density at radius 3 is 2.91 bits per heavy atom. The first-order valence-electron chi connectivity index (χ1n) is 4.79. The summed E-state index contributed by atoms with van der Waals surface area (Å²) in [5.74, 6) is 3.00. The Hall–Kier alpha value is -0.330. The van der Waals surface area contributed by atoms with Crippen LogP contribution in [0.25, 0.3) is 0 Å². The second kappa shape index (κ2) is 2.62. The van der Waals surface area contributed by atoms with Crippen molar-refractivity contribution in [3.05, 3.63) is 0 Å². The van der Waals surface area contributed by atoms with Gasteiger partial charge in [-0.25, -0.2) is 0 Å². The number of fused-ring (bicyclic) bond motifs is 1. The van der Waals surface area contributed by atoms with E-state index in [0.29, 0.717) is 5.78 Å². The van der Waals surface area contributed by atoms with E-state index in [4.69, 9.17) is 0 Å². The van der Waals surface area contributed by atoms with E-state index < -0.39 is 0 Å². The number of Topliss-reactive ketones (excluding diaryl/α,β-unsaturated/α-hetero) is 1. The Morgan fingerprint density at radius 2 is 2.09 bits per heavy atom. The summed E-state index contributed by atoms with van der Waals surface area (Å²) < 4.78 is 0. The molecule has 0 aromatic carbocycles. The van der Waals surface area contributed by atoms with Crippen molar-refractivity contribution in [1.29, 1.82) is 0 Å². The summed E-state index contributed by atoms with van der Waals surface area (Å²) in [7, 11) is 0. The van der Waals surface area contributed by atoms with Gasteiger partial charge in [0.05, 0.1) is 0 Å². The zero-order chi connectivity index (χ0) is 7.84. The lowest BCUT2D eigenvalue weighted by Crippen LogP contribution is -2.23. The van der Waals surface area contributed by atoms with E-state index in [9.17, 15) is 4.79 Å². The number of hydrogen-bond donors (Lipinski definition) is 0. The number of ketones is 1. The third-order valence-electron chi connectivity index (χ3n) is 3.59. The van der Waals surface area contributed by atoms with E-state index in [1.807, 2.05) is 0 Å². The lowest BCUT2D eigenvalue weighted by atomic mass is 9.78. The summed E-state index contributed by atoms with van der Waals surface area (Å²) in [6.45, 7) is 2.31. The molecule has 2 aliphatic rings. The molecule has 11 heavy (non-hydrogen) atoms. The molecule has 2 aliphatic carbocycles. The first-order chi connectivity index (χ1) is 5.27. The van der Waals surface area contributed by atoms with E-state index in [-0.39, 0.29) is 0 Å². The van der Waals surface area contributed by atoms with Crippen LogP contribution in [0.15, 0.2) is 0 Å². The molecule has 1 heteroatoms. The maximum atomic E-state index is 11.2. The highest BCUT2D eigenvalue weighted by atomic mass is 16.1. The van der Waals surface area contributed by atoms with Crippen LogP contribution < -0.4 is 0 Å². The van der Waals surface area contributed by atoms with E-state index in [1.54, 1.807) is 0 Å². The molecule has 2 rings (SSSR count). The number of carbonyl (C=O) groups is 1. The van der Waals surface area contributed by atoms with Crippen molar-refractivity contribution in [2.75, 3.05) is 0 Å². The van der Waals surface area contributed by atoms with Crippen molar-refractivity contribution < 1.29 is 4.79 Å². The molecule has 3 atom stereocenters. The van der Waals surface area contributed by atoms with Crippen LogP contribution in [-0.4, -0.2) is 5.78 Å². The Kier molecular flexibility index (Phi) is 1.74. The van der Waals surface area contributed by atoms with Crippen LogP contribution in [0.4, 0.5) is 0 Å². The molecule has 0 N–H and O–H groups in total. The highest BCUT2D eigenvalue weighted by Gasteiger charge is 2.37. The Bertz CT molecular complexity index is 174. The van der Waals surface area contributed by atoms with Crippen molar-refractivity contribution in [2.24, 2.45) is 17.8 Å². The predicted molar refractivity (Wildman–Crippen MR) is 44.2 cm³/mol. The van der Waals surface area contributed by atoms with E-state index in [2.05, 4.69) is 6.92 Å². The van der Waals surface area contributed by atoms with Crippen molar-refractivity contribution in [2.45, 2.75) is 39.0 Å². The number of carbonyl (C=O) groups excluding carboxylic acids is 1. The van der Waals surface area contributed by atoms with Gasteiger partial charge in [0.1, 0.15) is 5.78 Å². The van der Waals surface area contributed by atoms with E-state index in [1.165, 1.54) is 19.3 Å². The molecule has 0 aromatic rings. The van der Waals surface area contributed by atoms with Gasteiger partial charge < -0.3 is 0 Å². The summed E-state index contributed by atoms with van der Waals surface area (Å²) in [5.41, 5.74) is 0. The highest BCUT2D eigenvalue weighted by Crippen LogP contribution is 2.44. The molecular formula is C10H16O. The molecule has 62 valence electrons. The molecule has 0 spiro atoms. The largest absolute Gasteiger partial charge is 0.300 e. The van der Waals surface area contributed by atoms with Crippen LogP contribution in [0.3, 0.4) is 0 Å². The minimum absolute atomic E-state index is 0.514. The maximum absolute atomic E-state index is 11.2. The molecule has 0 heterocycles. The van der Waals surface area contributed by atoms with Crippen molar-refractivity contribution in [3.63, 3.8) is 0 Å². The van der Waals surface area contributed by atoms with Crippen LogP contribution in [0.5, 0.6) is 0 Å². The van der Waals surface area contributed by atoms with Crippen LogP contribution in [0.1, 0.15) is 39.0 Å². The fourth-order valence-corrected chi connectivity index (χ4v) is 2.81. The molecular weight excluding hydrogens is 136 g/mol. The van der Waals surface area contributed by atoms with Crippen molar-refractivity contribution in [3.8, 4) is 0 Å². The lowest BCUT2D eigenvalue weighted by molar-refractivity contribution is -0.122. The van der Waals surface area contributed by atoms with Gasteiger partial charge in [0, 0.05) is 12.8 Å². The van der Waals surface area contributed by atoms with Crippen LogP contribution in [0, 0.1) is 17.8 Å². The molecule has 2 saturated carbocycles. The predicted octanol–water partition coefficient (Wildman–Crippen LogP) is 2.40. The zero-order valence-corrected chi connectivity index (χ0v) is 7.18. The summed E-state index contributed by atoms with van der Waals surface area (Å²) in [6, 6.07) is 0. The fraction of sp³-hybridized carbons (Fsp3) is 0.900. The summed E-state index contributed by atoms with van der Waals surface area (Å²) in [4.78, 5) is 11.2.